The van der Waals surface area contributed by atoms with E-state index in [0.717, 1.165) is 0 Å². The van der Waals surface area contributed by atoms with E-state index in [-0.39, 0.29) is 5.56 Å². The second kappa shape index (κ2) is 5.53. The predicted molar refractivity (Wildman–Crippen MR) is 87.1 cm³/mol. The van der Waals surface area contributed by atoms with Crippen LogP contribution in [0, 0.1) is 18.3 Å². The van der Waals surface area contributed by atoms with Crippen LogP contribution in [-0.4, -0.2) is 21.6 Å². The molecule has 0 radical (unpaired) electrons. The van der Waals surface area contributed by atoms with Crippen LogP contribution < -0.4 is 10.3 Å². The molecule has 0 bridgehead atoms. The second-order valence-electron chi connectivity index (χ2n) is 6.58. The Labute approximate surface area is 139 Å². The molecule has 3 rings (SSSR count). The van der Waals surface area contributed by atoms with Crippen molar-refractivity contribution in [2.24, 2.45) is 0 Å². The lowest BCUT2D eigenvalue weighted by Crippen LogP contribution is -2.51. The molecule has 0 saturated heterocycles. The quantitative estimate of drug-likeness (QED) is 0.914. The second-order valence-corrected chi connectivity index (χ2v) is 6.58. The summed E-state index contributed by atoms with van der Waals surface area (Å²) in [6.07, 6.45) is -0.422. The normalized spacial score (nSPS) is 21.7. The molecule has 2 atom stereocenters. The smallest absolute Gasteiger partial charge is 0.286 e. The predicted octanol–water partition coefficient (Wildman–Crippen LogP) is 2.31. The van der Waals surface area contributed by atoms with Crippen molar-refractivity contribution < 1.29 is 14.4 Å². The first kappa shape index (κ1) is 16.3. The molecule has 1 aromatic carbocycles. The topological polar surface area (TPSA) is 88.4 Å². The third-order valence-corrected chi connectivity index (χ3v) is 4.56. The van der Waals surface area contributed by atoms with E-state index >= 15 is 0 Å². The first-order valence-corrected chi connectivity index (χ1v) is 7.92. The highest BCUT2D eigenvalue weighted by molar-refractivity contribution is 5.46. The third kappa shape index (κ3) is 2.33. The molecular formula is C18H20N2O4. The number of rotatable bonds is 2. The zero-order chi connectivity index (χ0) is 17.6. The summed E-state index contributed by atoms with van der Waals surface area (Å²) in [6.45, 7) is 7.13. The monoisotopic (exact) mass is 328 g/mol. The van der Waals surface area contributed by atoms with Crippen LogP contribution in [0.5, 0.6) is 5.75 Å². The zero-order valence-electron chi connectivity index (χ0n) is 14.2. The van der Waals surface area contributed by atoms with E-state index in [9.17, 15) is 9.90 Å². The number of ether oxygens (including phenoxy) is 1. The number of benzene rings is 1. The third-order valence-electron chi connectivity index (χ3n) is 4.56. The van der Waals surface area contributed by atoms with E-state index in [4.69, 9.17) is 14.5 Å². The Kier molecular flexibility index (Phi) is 3.77. The standard InChI is InChI=1S/C18H20N2O4/c1-5-13-10(2)17(22)20(24-13)15-12-8-11(9-19)6-7-14(12)23-18(3,4)16(15)21/h6-8,15-16,21H,5H2,1-4H3/t15-,16+/m1/s1. The van der Waals surface area contributed by atoms with Gasteiger partial charge >= 0.3 is 0 Å². The van der Waals surface area contributed by atoms with Gasteiger partial charge in [0.15, 0.2) is 0 Å². The van der Waals surface area contributed by atoms with Crippen LogP contribution in [0.1, 0.15) is 49.3 Å². The molecule has 0 unspecified atom stereocenters. The lowest BCUT2D eigenvalue weighted by atomic mass is 9.86. The molecule has 126 valence electrons. The number of aromatic nitrogens is 1. The fraction of sp³-hybridized carbons (Fsp3) is 0.444. The molecule has 24 heavy (non-hydrogen) atoms. The highest BCUT2D eigenvalue weighted by Gasteiger charge is 2.45. The minimum atomic E-state index is -1.01. The van der Waals surface area contributed by atoms with Crippen molar-refractivity contribution in [3.05, 3.63) is 51.0 Å². The van der Waals surface area contributed by atoms with Crippen LogP contribution in [0.2, 0.25) is 0 Å². The number of aliphatic hydroxyl groups excluding tert-OH is 1. The van der Waals surface area contributed by atoms with Crippen LogP contribution in [0.15, 0.2) is 27.5 Å². The number of hydrogen-bond donors (Lipinski definition) is 1. The van der Waals surface area contributed by atoms with E-state index in [1.54, 1.807) is 39.0 Å². The Morgan fingerprint density at radius 2 is 2.12 bits per heavy atom. The lowest BCUT2D eigenvalue weighted by molar-refractivity contribution is -0.0778. The Bertz CT molecular complexity index is 885. The highest BCUT2D eigenvalue weighted by Crippen LogP contribution is 2.42. The van der Waals surface area contributed by atoms with E-state index in [2.05, 4.69) is 6.07 Å². The van der Waals surface area contributed by atoms with Gasteiger partial charge in [0, 0.05) is 12.0 Å². The molecule has 1 aliphatic heterocycles. The van der Waals surface area contributed by atoms with Gasteiger partial charge in [-0.05, 0) is 39.0 Å². The van der Waals surface area contributed by atoms with Crippen molar-refractivity contribution in [2.75, 3.05) is 0 Å². The van der Waals surface area contributed by atoms with E-state index in [1.807, 2.05) is 6.92 Å². The summed E-state index contributed by atoms with van der Waals surface area (Å²) in [5.74, 6) is 1.13. The number of hydrogen-bond acceptors (Lipinski definition) is 5. The van der Waals surface area contributed by atoms with Gasteiger partial charge in [-0.2, -0.15) is 10.0 Å². The van der Waals surface area contributed by atoms with Gasteiger partial charge in [-0.15, -0.1) is 0 Å². The zero-order valence-corrected chi connectivity index (χ0v) is 14.2. The Hall–Kier alpha value is -2.52. The summed E-state index contributed by atoms with van der Waals surface area (Å²) in [4.78, 5) is 12.6. The molecule has 6 heteroatoms. The SMILES string of the molecule is CCc1on([C@@H]2c3cc(C#N)ccc3OC(C)(C)[C@H]2O)c(=O)c1C. The summed E-state index contributed by atoms with van der Waals surface area (Å²) in [7, 11) is 0. The van der Waals surface area contributed by atoms with Crippen LogP contribution in [0.3, 0.4) is 0 Å². The molecule has 0 fully saturated rings. The Morgan fingerprint density at radius 3 is 2.71 bits per heavy atom. The van der Waals surface area contributed by atoms with Crippen molar-refractivity contribution in [1.29, 1.82) is 5.26 Å². The maximum Gasteiger partial charge on any atom is 0.286 e. The van der Waals surface area contributed by atoms with Crippen LogP contribution in [0.4, 0.5) is 0 Å². The molecular weight excluding hydrogens is 308 g/mol. The van der Waals surface area contributed by atoms with E-state index in [1.165, 1.54) is 4.74 Å². The molecule has 2 aromatic rings. The molecule has 1 aliphatic rings. The summed E-state index contributed by atoms with van der Waals surface area (Å²) in [5.41, 5.74) is 0.354. The molecule has 0 aliphatic carbocycles. The van der Waals surface area contributed by atoms with Crippen LogP contribution in [-0.2, 0) is 6.42 Å². The first-order chi connectivity index (χ1) is 11.3. The number of nitriles is 1. The van der Waals surface area contributed by atoms with Crippen molar-refractivity contribution in [3.63, 3.8) is 0 Å². The first-order valence-electron chi connectivity index (χ1n) is 7.92. The average Bonchev–Trinajstić information content (AvgIpc) is 2.83. The van der Waals surface area contributed by atoms with E-state index < -0.39 is 17.7 Å². The van der Waals surface area contributed by atoms with Gasteiger partial charge in [0.05, 0.1) is 17.2 Å². The molecule has 0 spiro atoms. The highest BCUT2D eigenvalue weighted by atomic mass is 16.5. The minimum Gasteiger partial charge on any atom is -0.485 e. The van der Waals surface area contributed by atoms with Gasteiger partial charge in [0.2, 0.25) is 0 Å². The van der Waals surface area contributed by atoms with Gasteiger partial charge in [0.1, 0.15) is 29.3 Å². The summed E-state index contributed by atoms with van der Waals surface area (Å²) >= 11 is 0. The Balaban J connectivity index is 2.27. The molecule has 1 N–H and O–H groups in total. The number of fused-ring (bicyclic) bond motifs is 1. The number of aryl methyl sites for hydroxylation is 1. The van der Waals surface area contributed by atoms with E-state index in [0.29, 0.717) is 34.6 Å². The lowest BCUT2D eigenvalue weighted by Gasteiger charge is -2.41. The van der Waals surface area contributed by atoms with Gasteiger partial charge in [-0.3, -0.25) is 4.79 Å². The summed E-state index contributed by atoms with van der Waals surface area (Å²) in [6, 6.07) is 6.30. The molecule has 6 nitrogen and oxygen atoms in total. The van der Waals surface area contributed by atoms with Gasteiger partial charge in [-0.1, -0.05) is 6.92 Å². The van der Waals surface area contributed by atoms with Crippen LogP contribution in [0.25, 0.3) is 0 Å². The van der Waals surface area contributed by atoms with Crippen molar-refractivity contribution in [2.45, 2.75) is 51.9 Å². The maximum atomic E-state index is 12.6. The molecule has 2 heterocycles. The fourth-order valence-electron chi connectivity index (χ4n) is 3.12. The van der Waals surface area contributed by atoms with Crippen molar-refractivity contribution in [3.8, 4) is 11.8 Å². The summed E-state index contributed by atoms with van der Waals surface area (Å²) in [5, 5.41) is 20.0. The maximum absolute atomic E-state index is 12.6. The number of aliphatic hydroxyl groups is 1. The fourth-order valence-corrected chi connectivity index (χ4v) is 3.12. The minimum absolute atomic E-state index is 0.276. The number of nitrogens with zero attached hydrogens (tertiary/aromatic N) is 2. The van der Waals surface area contributed by atoms with Gasteiger partial charge in [0.25, 0.3) is 5.56 Å². The van der Waals surface area contributed by atoms with Crippen molar-refractivity contribution in [1.82, 2.24) is 4.74 Å². The Morgan fingerprint density at radius 1 is 1.42 bits per heavy atom. The molecule has 1 aromatic heterocycles. The summed E-state index contributed by atoms with van der Waals surface area (Å²) < 4.78 is 12.8. The average molecular weight is 328 g/mol. The van der Waals surface area contributed by atoms with Gasteiger partial charge in [-0.25, -0.2) is 0 Å². The van der Waals surface area contributed by atoms with Gasteiger partial charge < -0.3 is 14.4 Å². The largest absolute Gasteiger partial charge is 0.485 e. The van der Waals surface area contributed by atoms with Crippen LogP contribution >= 0.6 is 0 Å². The van der Waals surface area contributed by atoms with Crippen molar-refractivity contribution >= 4 is 0 Å². The molecule has 0 amide bonds. The molecule has 0 saturated carbocycles.